The second kappa shape index (κ2) is 9.20. The molecule has 0 radical (unpaired) electrons. The van der Waals surface area contributed by atoms with Gasteiger partial charge in [-0.25, -0.2) is 4.99 Å². The molecule has 3 aromatic carbocycles. The Hall–Kier alpha value is -2.70. The molecule has 1 aliphatic heterocycles. The zero-order chi connectivity index (χ0) is 22.0. The molecule has 0 amide bonds. The molecule has 1 aliphatic rings. The SMILES string of the molecule is Cc1cc(C)c(P=C(c2ccccc2)c2cccc(C3=N[C@@H](C(C)C)CO3)c2)c(C)c1. The van der Waals surface area contributed by atoms with E-state index >= 15 is 0 Å². The summed E-state index contributed by atoms with van der Waals surface area (Å²) < 4.78 is 5.96. The summed E-state index contributed by atoms with van der Waals surface area (Å²) in [6.07, 6.45) is 0. The lowest BCUT2D eigenvalue weighted by atomic mass is 10.0. The fourth-order valence-corrected chi connectivity index (χ4v) is 5.29. The van der Waals surface area contributed by atoms with Crippen molar-refractivity contribution in [3.05, 3.63) is 100 Å². The van der Waals surface area contributed by atoms with Crippen molar-refractivity contribution in [2.45, 2.75) is 40.7 Å². The lowest BCUT2D eigenvalue weighted by molar-refractivity contribution is 0.292. The van der Waals surface area contributed by atoms with Gasteiger partial charge in [0, 0.05) is 16.2 Å². The van der Waals surface area contributed by atoms with Crippen molar-refractivity contribution in [2.24, 2.45) is 10.9 Å². The molecule has 0 saturated heterocycles. The maximum Gasteiger partial charge on any atom is 0.216 e. The van der Waals surface area contributed by atoms with Gasteiger partial charge in [-0.05, 0) is 61.1 Å². The molecule has 0 spiro atoms. The average molecular weight is 428 g/mol. The molecule has 0 bridgehead atoms. The molecule has 3 aromatic rings. The second-order valence-electron chi connectivity index (χ2n) is 8.71. The molecule has 3 heteroatoms. The van der Waals surface area contributed by atoms with Crippen molar-refractivity contribution < 1.29 is 4.74 Å². The Morgan fingerprint density at radius 3 is 2.23 bits per heavy atom. The van der Waals surface area contributed by atoms with E-state index in [0.29, 0.717) is 12.5 Å². The summed E-state index contributed by atoms with van der Waals surface area (Å²) in [6.45, 7) is 11.7. The monoisotopic (exact) mass is 427 g/mol. The highest BCUT2D eigenvalue weighted by atomic mass is 31.1. The highest BCUT2D eigenvalue weighted by Gasteiger charge is 2.23. The molecular formula is C28H30NOP. The molecule has 0 unspecified atom stereocenters. The minimum Gasteiger partial charge on any atom is -0.475 e. The van der Waals surface area contributed by atoms with Crippen LogP contribution < -0.4 is 5.30 Å². The third-order valence-electron chi connectivity index (χ3n) is 5.73. The predicted molar refractivity (Wildman–Crippen MR) is 134 cm³/mol. The Balaban J connectivity index is 1.82. The lowest BCUT2D eigenvalue weighted by Gasteiger charge is -2.13. The minimum atomic E-state index is 0.243. The van der Waals surface area contributed by atoms with Crippen LogP contribution in [0.3, 0.4) is 0 Å². The Labute approximate surface area is 187 Å². The average Bonchev–Trinajstić information content (AvgIpc) is 3.25. The van der Waals surface area contributed by atoms with Gasteiger partial charge >= 0.3 is 0 Å². The Morgan fingerprint density at radius 1 is 0.903 bits per heavy atom. The molecule has 4 rings (SSSR count). The highest BCUT2D eigenvalue weighted by molar-refractivity contribution is 7.50. The van der Waals surface area contributed by atoms with Crippen LogP contribution in [0.25, 0.3) is 0 Å². The van der Waals surface area contributed by atoms with E-state index in [1.165, 1.54) is 46.6 Å². The van der Waals surface area contributed by atoms with E-state index in [0.717, 1.165) is 11.5 Å². The van der Waals surface area contributed by atoms with Crippen molar-refractivity contribution in [3.8, 4) is 0 Å². The summed E-state index contributed by atoms with van der Waals surface area (Å²) in [5, 5.41) is 2.68. The van der Waals surface area contributed by atoms with Crippen molar-refractivity contribution in [1.82, 2.24) is 0 Å². The summed E-state index contributed by atoms with van der Waals surface area (Å²) in [4.78, 5) is 4.84. The fraction of sp³-hybridized carbons (Fsp3) is 0.286. The maximum absolute atomic E-state index is 5.96. The molecule has 31 heavy (non-hydrogen) atoms. The third kappa shape index (κ3) is 4.81. The van der Waals surface area contributed by atoms with Crippen LogP contribution in [0.15, 0.2) is 71.7 Å². The smallest absolute Gasteiger partial charge is 0.216 e. The van der Waals surface area contributed by atoms with Gasteiger partial charge in [-0.3, -0.25) is 0 Å². The zero-order valence-corrected chi connectivity index (χ0v) is 19.9. The van der Waals surface area contributed by atoms with E-state index < -0.39 is 0 Å². The van der Waals surface area contributed by atoms with Crippen molar-refractivity contribution in [2.75, 3.05) is 6.61 Å². The molecule has 1 heterocycles. The van der Waals surface area contributed by atoms with E-state index in [1.807, 2.05) is 0 Å². The summed E-state index contributed by atoms with van der Waals surface area (Å²) in [6, 6.07) is 24.2. The Bertz CT molecular complexity index is 1120. The number of ether oxygens (including phenoxy) is 1. The van der Waals surface area contributed by atoms with E-state index in [2.05, 4.69) is 101 Å². The number of aryl methyl sites for hydroxylation is 3. The molecular weight excluding hydrogens is 397 g/mol. The Morgan fingerprint density at radius 2 is 1.58 bits per heavy atom. The number of hydrogen-bond donors (Lipinski definition) is 0. The summed E-state index contributed by atoms with van der Waals surface area (Å²) in [7, 11) is 1.21. The van der Waals surface area contributed by atoms with Gasteiger partial charge in [-0.2, -0.15) is 0 Å². The number of nitrogens with zero attached hydrogens (tertiary/aromatic N) is 1. The van der Waals surface area contributed by atoms with Crippen LogP contribution in [0.5, 0.6) is 0 Å². The van der Waals surface area contributed by atoms with Gasteiger partial charge in [-0.1, -0.05) is 82.2 Å². The van der Waals surface area contributed by atoms with E-state index in [9.17, 15) is 0 Å². The normalized spacial score (nSPS) is 16.4. The molecule has 0 aromatic heterocycles. The lowest BCUT2D eigenvalue weighted by Crippen LogP contribution is -2.13. The van der Waals surface area contributed by atoms with Crippen molar-refractivity contribution >= 4 is 24.7 Å². The van der Waals surface area contributed by atoms with E-state index in [1.54, 1.807) is 0 Å². The quantitative estimate of drug-likeness (QED) is 0.441. The first kappa shape index (κ1) is 21.5. The topological polar surface area (TPSA) is 21.6 Å². The van der Waals surface area contributed by atoms with Crippen LogP contribution in [0.2, 0.25) is 0 Å². The largest absolute Gasteiger partial charge is 0.475 e. The van der Waals surface area contributed by atoms with Gasteiger partial charge in [0.15, 0.2) is 0 Å². The van der Waals surface area contributed by atoms with Gasteiger partial charge in [0.25, 0.3) is 0 Å². The van der Waals surface area contributed by atoms with Crippen LogP contribution in [0, 0.1) is 26.7 Å². The van der Waals surface area contributed by atoms with Crippen molar-refractivity contribution in [1.29, 1.82) is 0 Å². The first-order valence-corrected chi connectivity index (χ1v) is 11.8. The number of aliphatic imine (C=N–C) groups is 1. The van der Waals surface area contributed by atoms with Crippen molar-refractivity contribution in [3.63, 3.8) is 0 Å². The fourth-order valence-electron chi connectivity index (χ4n) is 4.04. The molecule has 2 nitrogen and oxygen atoms in total. The summed E-state index contributed by atoms with van der Waals surface area (Å²) >= 11 is 0. The van der Waals surface area contributed by atoms with E-state index in [-0.39, 0.29) is 6.04 Å². The van der Waals surface area contributed by atoms with Gasteiger partial charge in [0.05, 0.1) is 6.04 Å². The van der Waals surface area contributed by atoms with Gasteiger partial charge in [-0.15, -0.1) is 0 Å². The summed E-state index contributed by atoms with van der Waals surface area (Å²) in [5.41, 5.74) is 7.51. The third-order valence-corrected chi connectivity index (χ3v) is 7.40. The zero-order valence-electron chi connectivity index (χ0n) is 19.0. The first-order valence-electron chi connectivity index (χ1n) is 11.0. The van der Waals surface area contributed by atoms with Crippen LogP contribution in [-0.4, -0.2) is 23.8 Å². The molecule has 158 valence electrons. The van der Waals surface area contributed by atoms with Crippen LogP contribution in [0.4, 0.5) is 0 Å². The molecule has 1 atom stereocenters. The minimum absolute atomic E-state index is 0.243. The number of hydrogen-bond acceptors (Lipinski definition) is 2. The number of benzene rings is 3. The molecule has 0 fully saturated rings. The van der Waals surface area contributed by atoms with Gasteiger partial charge in [0.1, 0.15) is 6.61 Å². The highest BCUT2D eigenvalue weighted by Crippen LogP contribution is 2.24. The summed E-state index contributed by atoms with van der Waals surface area (Å²) in [5.74, 6) is 1.26. The van der Waals surface area contributed by atoms with E-state index in [4.69, 9.17) is 9.73 Å². The predicted octanol–water partition coefficient (Wildman–Crippen LogP) is 6.25. The second-order valence-corrected chi connectivity index (χ2v) is 9.83. The van der Waals surface area contributed by atoms with Gasteiger partial charge in [0.2, 0.25) is 5.90 Å². The number of rotatable bonds is 5. The standard InChI is InChI=1S/C28H30NOP/c1-18(2)25-17-30-28(29-25)24-13-9-12-23(16-24)27(22-10-7-6-8-11-22)31-26-20(4)14-19(3)15-21(26)5/h6-16,18,25H,17H2,1-5H3/t25-/m1/s1. The van der Waals surface area contributed by atoms with Crippen LogP contribution >= 0.6 is 8.20 Å². The maximum atomic E-state index is 5.96. The van der Waals surface area contributed by atoms with Crippen LogP contribution in [-0.2, 0) is 4.74 Å². The first-order chi connectivity index (χ1) is 14.9. The molecule has 0 aliphatic carbocycles. The van der Waals surface area contributed by atoms with Crippen LogP contribution in [0.1, 0.15) is 47.2 Å². The molecule has 0 N–H and O–H groups in total. The molecule has 0 saturated carbocycles. The Kier molecular flexibility index (Phi) is 6.39. The van der Waals surface area contributed by atoms with Gasteiger partial charge < -0.3 is 4.74 Å².